The first-order valence-corrected chi connectivity index (χ1v) is 13.0. The van der Waals surface area contributed by atoms with Gasteiger partial charge in [-0.3, -0.25) is 4.79 Å². The van der Waals surface area contributed by atoms with Crippen molar-refractivity contribution in [2.24, 2.45) is 0 Å². The van der Waals surface area contributed by atoms with Crippen LogP contribution in [-0.2, 0) is 28.9 Å². The number of halogens is 3. The molecule has 0 spiro atoms. The summed E-state index contributed by atoms with van der Waals surface area (Å²) in [6.45, 7) is 2.40. The maximum atomic E-state index is 13.3. The molecule has 1 fully saturated rings. The summed E-state index contributed by atoms with van der Waals surface area (Å²) in [5.74, 6) is -1.32. The van der Waals surface area contributed by atoms with Gasteiger partial charge in [-0.25, -0.2) is 14.8 Å². The lowest BCUT2D eigenvalue weighted by Gasteiger charge is -2.37. The highest BCUT2D eigenvalue weighted by molar-refractivity contribution is 7.12. The fourth-order valence-corrected chi connectivity index (χ4v) is 5.49. The number of ether oxygens (including phenoxy) is 1. The zero-order valence-corrected chi connectivity index (χ0v) is 21.7. The Morgan fingerprint density at radius 2 is 1.92 bits per heavy atom. The van der Waals surface area contributed by atoms with Crippen molar-refractivity contribution in [2.45, 2.75) is 51.1 Å². The molecule has 1 aromatic carbocycles. The topological polar surface area (TPSA) is 94.3 Å². The molecule has 3 heterocycles. The molecule has 1 aliphatic rings. The maximum absolute atomic E-state index is 13.3. The number of thiophene rings is 1. The van der Waals surface area contributed by atoms with Crippen LogP contribution in [0.15, 0.2) is 55.0 Å². The minimum atomic E-state index is -4.48. The van der Waals surface area contributed by atoms with Crippen LogP contribution < -0.4 is 0 Å². The van der Waals surface area contributed by atoms with Crippen LogP contribution in [0, 0.1) is 6.92 Å². The standard InChI is InChI=1S/C28H24F3N3O4S/c1-17-23(24(35)18-5-7-19(8-6-18)28(29,30)31)22-14-32-16-33-25(22)34(17)13-2-4-20-9-10-21(39-20)15-38-27(26(36)37)11-3-12-27/h2,4-10,14,16H,3,11-13,15H2,1H3,(H,36,37). The number of alkyl halides is 3. The van der Waals surface area contributed by atoms with Crippen LogP contribution >= 0.6 is 11.3 Å². The SMILES string of the molecule is Cc1c(C(=O)c2ccc(C(F)(F)F)cc2)c2cncnc2n1CC=Cc1ccc(COC2(C(=O)O)CCC2)s1. The molecule has 1 aliphatic carbocycles. The number of rotatable bonds is 9. The smallest absolute Gasteiger partial charge is 0.416 e. The highest BCUT2D eigenvalue weighted by Gasteiger charge is 2.45. The summed E-state index contributed by atoms with van der Waals surface area (Å²) in [4.78, 5) is 35.1. The maximum Gasteiger partial charge on any atom is 0.416 e. The molecule has 39 heavy (non-hydrogen) atoms. The second-order valence-corrected chi connectivity index (χ2v) is 10.6. The second-order valence-electron chi connectivity index (χ2n) is 9.38. The molecule has 202 valence electrons. The fourth-order valence-electron chi connectivity index (χ4n) is 4.63. The Hall–Kier alpha value is -3.83. The van der Waals surface area contributed by atoms with Crippen molar-refractivity contribution in [2.75, 3.05) is 0 Å². The quantitative estimate of drug-likeness (QED) is 0.244. The zero-order chi connectivity index (χ0) is 27.8. The van der Waals surface area contributed by atoms with Gasteiger partial charge >= 0.3 is 12.1 Å². The van der Waals surface area contributed by atoms with Crippen LogP contribution in [0.5, 0.6) is 0 Å². The van der Waals surface area contributed by atoms with Gasteiger partial charge in [0.1, 0.15) is 12.0 Å². The normalized spacial score (nSPS) is 15.1. The third-order valence-electron chi connectivity index (χ3n) is 6.98. The van der Waals surface area contributed by atoms with Crippen LogP contribution in [0.25, 0.3) is 17.1 Å². The van der Waals surface area contributed by atoms with E-state index in [-0.39, 0.29) is 12.2 Å². The van der Waals surface area contributed by atoms with Crippen molar-refractivity contribution in [1.29, 1.82) is 0 Å². The molecule has 7 nitrogen and oxygen atoms in total. The number of nitrogens with zero attached hydrogens (tertiary/aromatic N) is 3. The zero-order valence-electron chi connectivity index (χ0n) is 20.9. The second kappa shape index (κ2) is 10.4. The van der Waals surface area contributed by atoms with Gasteiger partial charge in [0.25, 0.3) is 0 Å². The number of carbonyl (C=O) groups is 2. The van der Waals surface area contributed by atoms with E-state index in [2.05, 4.69) is 9.97 Å². The van der Waals surface area contributed by atoms with Gasteiger partial charge in [0, 0.05) is 39.1 Å². The third kappa shape index (κ3) is 5.24. The number of hydrogen-bond donors (Lipinski definition) is 1. The summed E-state index contributed by atoms with van der Waals surface area (Å²) in [5.41, 5.74) is -0.229. The first kappa shape index (κ1) is 26.8. The molecule has 5 rings (SSSR count). The van der Waals surface area contributed by atoms with Crippen molar-refractivity contribution in [3.8, 4) is 0 Å². The van der Waals surface area contributed by atoms with Gasteiger partial charge in [-0.1, -0.05) is 18.2 Å². The van der Waals surface area contributed by atoms with Crippen molar-refractivity contribution < 1.29 is 32.6 Å². The van der Waals surface area contributed by atoms with Gasteiger partial charge < -0.3 is 14.4 Å². The van der Waals surface area contributed by atoms with E-state index in [1.54, 1.807) is 6.92 Å². The number of benzene rings is 1. The molecule has 0 amide bonds. The van der Waals surface area contributed by atoms with Crippen molar-refractivity contribution in [1.82, 2.24) is 14.5 Å². The number of fused-ring (bicyclic) bond motifs is 1. The van der Waals surface area contributed by atoms with Gasteiger partial charge in [-0.15, -0.1) is 11.3 Å². The number of carboxylic acids is 1. The summed E-state index contributed by atoms with van der Waals surface area (Å²) in [5, 5.41) is 9.94. The monoisotopic (exact) mass is 555 g/mol. The van der Waals surface area contributed by atoms with Crippen LogP contribution in [0.2, 0.25) is 0 Å². The Labute approximate surface area is 225 Å². The van der Waals surface area contributed by atoms with Crippen LogP contribution in [0.3, 0.4) is 0 Å². The molecule has 0 saturated heterocycles. The van der Waals surface area contributed by atoms with Gasteiger partial charge in [0.2, 0.25) is 0 Å². The first-order chi connectivity index (χ1) is 18.6. The number of allylic oxidation sites excluding steroid dienone is 1. The first-order valence-electron chi connectivity index (χ1n) is 12.2. The lowest BCUT2D eigenvalue weighted by molar-refractivity contribution is -0.181. The lowest BCUT2D eigenvalue weighted by Crippen LogP contribution is -2.47. The van der Waals surface area contributed by atoms with Crippen LogP contribution in [0.4, 0.5) is 13.2 Å². The molecule has 0 atom stereocenters. The number of carboxylic acid groups (broad SMARTS) is 1. The molecule has 3 aromatic heterocycles. The average molecular weight is 556 g/mol. The number of hydrogen-bond acceptors (Lipinski definition) is 6. The van der Waals surface area contributed by atoms with Crippen LogP contribution in [-0.4, -0.2) is 37.0 Å². The summed E-state index contributed by atoms with van der Waals surface area (Å²) in [6, 6.07) is 7.99. The predicted molar refractivity (Wildman–Crippen MR) is 140 cm³/mol. The van der Waals surface area contributed by atoms with Crippen molar-refractivity contribution >= 4 is 40.2 Å². The Kier molecular flexibility index (Phi) is 7.13. The Balaban J connectivity index is 1.33. The van der Waals surface area contributed by atoms with E-state index >= 15 is 0 Å². The Morgan fingerprint density at radius 1 is 1.18 bits per heavy atom. The highest BCUT2D eigenvalue weighted by atomic mass is 32.1. The van der Waals surface area contributed by atoms with E-state index < -0.39 is 29.1 Å². The Morgan fingerprint density at radius 3 is 2.56 bits per heavy atom. The predicted octanol–water partition coefficient (Wildman–Crippen LogP) is 6.29. The van der Waals surface area contributed by atoms with E-state index in [0.717, 1.165) is 28.3 Å². The van der Waals surface area contributed by atoms with E-state index in [1.807, 2.05) is 28.9 Å². The molecule has 11 heteroatoms. The van der Waals surface area contributed by atoms with E-state index in [4.69, 9.17) is 4.74 Å². The molecule has 0 bridgehead atoms. The number of aromatic nitrogens is 3. The molecular formula is C28H24F3N3O4S. The third-order valence-corrected chi connectivity index (χ3v) is 8.00. The number of ketones is 1. The van der Waals surface area contributed by atoms with E-state index in [0.29, 0.717) is 41.7 Å². The fraction of sp³-hybridized carbons (Fsp3) is 0.286. The van der Waals surface area contributed by atoms with Gasteiger partial charge in [-0.05, 0) is 56.5 Å². The lowest BCUT2D eigenvalue weighted by atomic mass is 9.80. The largest absolute Gasteiger partial charge is 0.479 e. The van der Waals surface area contributed by atoms with E-state index in [1.165, 1.54) is 36.0 Å². The number of aliphatic carboxylic acids is 1. The van der Waals surface area contributed by atoms with Crippen LogP contribution in [0.1, 0.15) is 56.2 Å². The number of carbonyl (C=O) groups excluding carboxylic acids is 1. The summed E-state index contributed by atoms with van der Waals surface area (Å²) < 4.78 is 46.5. The van der Waals surface area contributed by atoms with E-state index in [9.17, 15) is 27.9 Å². The van der Waals surface area contributed by atoms with Crippen molar-refractivity contribution in [3.63, 3.8) is 0 Å². The van der Waals surface area contributed by atoms with Gasteiger partial charge in [-0.2, -0.15) is 13.2 Å². The van der Waals surface area contributed by atoms with Crippen molar-refractivity contribution in [3.05, 3.63) is 87.1 Å². The molecule has 4 aromatic rings. The highest BCUT2D eigenvalue weighted by Crippen LogP contribution is 2.37. The minimum absolute atomic E-state index is 0.143. The molecule has 0 radical (unpaired) electrons. The molecule has 0 unspecified atom stereocenters. The Bertz CT molecular complexity index is 1570. The summed E-state index contributed by atoms with van der Waals surface area (Å²) >= 11 is 1.50. The summed E-state index contributed by atoms with van der Waals surface area (Å²) in [6.07, 6.45) is 4.17. The molecule has 0 aliphatic heterocycles. The average Bonchev–Trinajstić information content (AvgIpc) is 3.44. The molecular weight excluding hydrogens is 531 g/mol. The molecule has 1 saturated carbocycles. The summed E-state index contributed by atoms with van der Waals surface area (Å²) in [7, 11) is 0. The van der Waals surface area contributed by atoms with Gasteiger partial charge in [0.05, 0.1) is 17.7 Å². The van der Waals surface area contributed by atoms with Gasteiger partial charge in [0.15, 0.2) is 11.4 Å². The molecule has 1 N–H and O–H groups in total. The minimum Gasteiger partial charge on any atom is -0.479 e.